The second kappa shape index (κ2) is 9.73. The highest BCUT2D eigenvalue weighted by Crippen LogP contribution is 2.24. The zero-order valence-corrected chi connectivity index (χ0v) is 15.8. The molecule has 1 aromatic heterocycles. The lowest BCUT2D eigenvalue weighted by atomic mass is 10.2. The molecule has 10 heteroatoms. The van der Waals surface area contributed by atoms with Crippen LogP contribution >= 0.6 is 35.0 Å². The lowest BCUT2D eigenvalue weighted by Crippen LogP contribution is -2.12. The minimum absolute atomic E-state index is 0.208. The summed E-state index contributed by atoms with van der Waals surface area (Å²) in [5.41, 5.74) is 0.268. The van der Waals surface area contributed by atoms with E-state index >= 15 is 0 Å². The van der Waals surface area contributed by atoms with Gasteiger partial charge in [0.2, 0.25) is 0 Å². The Kier molecular flexibility index (Phi) is 7.66. The van der Waals surface area contributed by atoms with Gasteiger partial charge in [-0.1, -0.05) is 11.6 Å². The number of benzene rings is 1. The molecule has 25 heavy (non-hydrogen) atoms. The number of nitrogens with zero attached hydrogens (tertiary/aromatic N) is 1. The Morgan fingerprint density at radius 2 is 2.16 bits per heavy atom. The van der Waals surface area contributed by atoms with Crippen molar-refractivity contribution in [3.8, 4) is 5.75 Å². The van der Waals surface area contributed by atoms with Gasteiger partial charge in [0.05, 0.1) is 7.11 Å². The fourth-order valence-electron chi connectivity index (χ4n) is 1.79. The van der Waals surface area contributed by atoms with Gasteiger partial charge in [0.1, 0.15) is 5.75 Å². The molecule has 2 aromatic rings. The van der Waals surface area contributed by atoms with Crippen LogP contribution < -0.4 is 10.1 Å². The standard InChI is InChI=1S/C15H15ClN2O5S2/c1-9(19)22-12-6-10(5-11(16)7-12)14(20)18-15-17-8-13(25-15)3-4-24-23-21-2/h5-8H,3-4H2,1-2H3,(H,17,18,20). The lowest BCUT2D eigenvalue weighted by molar-refractivity contribution is -0.160. The van der Waals surface area contributed by atoms with Gasteiger partial charge in [-0.15, -0.1) is 11.3 Å². The topological polar surface area (TPSA) is 86.8 Å². The number of halogens is 1. The van der Waals surface area contributed by atoms with Gasteiger partial charge < -0.3 is 4.74 Å². The fraction of sp³-hybridized carbons (Fsp3) is 0.267. The molecule has 7 nitrogen and oxygen atoms in total. The molecule has 0 aliphatic carbocycles. The average Bonchev–Trinajstić information content (AvgIpc) is 2.97. The number of hydrogen-bond acceptors (Lipinski definition) is 8. The zero-order chi connectivity index (χ0) is 18.2. The highest BCUT2D eigenvalue weighted by molar-refractivity contribution is 7.94. The summed E-state index contributed by atoms with van der Waals surface area (Å²) in [6, 6.07) is 4.38. The molecule has 0 fully saturated rings. The Bertz CT molecular complexity index is 753. The molecule has 1 N–H and O–H groups in total. The van der Waals surface area contributed by atoms with Crippen molar-refractivity contribution in [1.82, 2.24) is 4.98 Å². The molecule has 0 spiro atoms. The number of aromatic nitrogens is 1. The Labute approximate surface area is 157 Å². The molecule has 1 heterocycles. The third kappa shape index (κ3) is 6.63. The molecule has 0 unspecified atom stereocenters. The summed E-state index contributed by atoms with van der Waals surface area (Å²) in [4.78, 5) is 33.0. The van der Waals surface area contributed by atoms with E-state index in [1.165, 1.54) is 55.6 Å². The molecular weight excluding hydrogens is 388 g/mol. The van der Waals surface area contributed by atoms with E-state index in [9.17, 15) is 9.59 Å². The van der Waals surface area contributed by atoms with E-state index in [0.29, 0.717) is 15.9 Å². The number of aryl methyl sites for hydroxylation is 1. The summed E-state index contributed by atoms with van der Waals surface area (Å²) in [6.07, 6.45) is 2.42. The van der Waals surface area contributed by atoms with E-state index in [2.05, 4.69) is 15.2 Å². The molecule has 1 amide bonds. The number of thiazole rings is 1. The number of hydrogen-bond donors (Lipinski definition) is 1. The van der Waals surface area contributed by atoms with E-state index < -0.39 is 11.9 Å². The Morgan fingerprint density at radius 1 is 1.36 bits per heavy atom. The minimum Gasteiger partial charge on any atom is -0.427 e. The van der Waals surface area contributed by atoms with Crippen LogP contribution in [0.5, 0.6) is 5.75 Å². The van der Waals surface area contributed by atoms with Crippen molar-refractivity contribution in [3.05, 3.63) is 39.9 Å². The first-order valence-corrected chi connectivity index (χ1v) is 9.16. The number of esters is 1. The second-order valence-corrected chi connectivity index (χ2v) is 6.99. The van der Waals surface area contributed by atoms with Gasteiger partial charge in [-0.25, -0.2) is 9.87 Å². The molecule has 0 bridgehead atoms. The van der Waals surface area contributed by atoms with Gasteiger partial charge in [-0.05, 0) is 24.6 Å². The van der Waals surface area contributed by atoms with E-state index in [1.54, 1.807) is 6.20 Å². The number of amides is 1. The molecule has 0 saturated heterocycles. The van der Waals surface area contributed by atoms with Crippen molar-refractivity contribution in [2.75, 3.05) is 18.2 Å². The third-order valence-electron chi connectivity index (χ3n) is 2.72. The van der Waals surface area contributed by atoms with Crippen LogP contribution in [0.2, 0.25) is 5.02 Å². The quantitative estimate of drug-likeness (QED) is 0.180. The molecule has 0 radical (unpaired) electrons. The molecule has 1 aromatic carbocycles. The van der Waals surface area contributed by atoms with Crippen LogP contribution in [0.25, 0.3) is 0 Å². The van der Waals surface area contributed by atoms with Crippen LogP contribution in [-0.2, 0) is 20.4 Å². The SMILES string of the molecule is COOSCCc1cnc(NC(=O)c2cc(Cl)cc(OC(C)=O)c2)s1. The second-order valence-electron chi connectivity index (χ2n) is 4.66. The van der Waals surface area contributed by atoms with Gasteiger partial charge in [0, 0.05) is 46.4 Å². The average molecular weight is 403 g/mol. The smallest absolute Gasteiger partial charge is 0.308 e. The molecular formula is C15H15ClN2O5S2. The van der Waals surface area contributed by atoms with Crippen LogP contribution in [0.3, 0.4) is 0 Å². The van der Waals surface area contributed by atoms with Crippen LogP contribution in [0, 0.1) is 0 Å². The maximum Gasteiger partial charge on any atom is 0.308 e. The first-order valence-electron chi connectivity index (χ1n) is 7.05. The maximum atomic E-state index is 12.3. The predicted octanol–water partition coefficient (Wildman–Crippen LogP) is 3.74. The maximum absolute atomic E-state index is 12.3. The number of anilines is 1. The molecule has 134 valence electrons. The van der Waals surface area contributed by atoms with E-state index in [1.807, 2.05) is 0 Å². The Balaban J connectivity index is 1.99. The predicted molar refractivity (Wildman–Crippen MR) is 97.1 cm³/mol. The van der Waals surface area contributed by atoms with E-state index in [0.717, 1.165) is 11.3 Å². The van der Waals surface area contributed by atoms with Crippen molar-refractivity contribution < 1.29 is 23.5 Å². The number of rotatable bonds is 8. The van der Waals surface area contributed by atoms with E-state index in [4.69, 9.17) is 20.7 Å². The number of nitrogens with one attached hydrogen (secondary N) is 1. The zero-order valence-electron chi connectivity index (χ0n) is 13.4. The van der Waals surface area contributed by atoms with Crippen molar-refractivity contribution in [3.63, 3.8) is 0 Å². The fourth-order valence-corrected chi connectivity index (χ4v) is 3.42. The van der Waals surface area contributed by atoms with Crippen molar-refractivity contribution in [2.24, 2.45) is 0 Å². The van der Waals surface area contributed by atoms with Gasteiger partial charge in [0.25, 0.3) is 5.91 Å². The summed E-state index contributed by atoms with van der Waals surface area (Å²) < 4.78 is 9.68. The molecule has 0 aliphatic heterocycles. The summed E-state index contributed by atoms with van der Waals surface area (Å²) in [7, 11) is 1.44. The Hall–Kier alpha value is -1.65. The normalized spacial score (nSPS) is 10.5. The van der Waals surface area contributed by atoms with Crippen LogP contribution in [-0.4, -0.2) is 29.7 Å². The summed E-state index contributed by atoms with van der Waals surface area (Å²) >= 11 is 8.51. The van der Waals surface area contributed by atoms with Crippen LogP contribution in [0.1, 0.15) is 22.2 Å². The van der Waals surface area contributed by atoms with E-state index in [-0.39, 0.29) is 11.3 Å². The summed E-state index contributed by atoms with van der Waals surface area (Å²) in [5, 5.41) is 3.45. The van der Waals surface area contributed by atoms with Gasteiger partial charge in [0.15, 0.2) is 5.13 Å². The van der Waals surface area contributed by atoms with Crippen molar-refractivity contribution in [1.29, 1.82) is 0 Å². The van der Waals surface area contributed by atoms with Gasteiger partial charge >= 0.3 is 5.97 Å². The highest BCUT2D eigenvalue weighted by atomic mass is 35.5. The summed E-state index contributed by atoms with van der Waals surface area (Å²) in [6.45, 7) is 1.27. The summed E-state index contributed by atoms with van der Waals surface area (Å²) in [5.74, 6) is 0.0197. The van der Waals surface area contributed by atoms with Gasteiger partial charge in [-0.3, -0.25) is 14.9 Å². The molecule has 0 aliphatic rings. The van der Waals surface area contributed by atoms with Crippen LogP contribution in [0.4, 0.5) is 5.13 Å². The first kappa shape index (κ1) is 19.7. The van der Waals surface area contributed by atoms with Gasteiger partial charge in [-0.2, -0.15) is 4.33 Å². The molecule has 0 atom stereocenters. The highest BCUT2D eigenvalue weighted by Gasteiger charge is 2.12. The van der Waals surface area contributed by atoms with Crippen molar-refractivity contribution in [2.45, 2.75) is 13.3 Å². The number of ether oxygens (including phenoxy) is 1. The Morgan fingerprint density at radius 3 is 2.88 bits per heavy atom. The monoisotopic (exact) mass is 402 g/mol. The van der Waals surface area contributed by atoms with Crippen LogP contribution in [0.15, 0.2) is 24.4 Å². The first-order chi connectivity index (χ1) is 12.0. The lowest BCUT2D eigenvalue weighted by Gasteiger charge is -2.06. The minimum atomic E-state index is -0.492. The largest absolute Gasteiger partial charge is 0.427 e. The molecule has 2 rings (SSSR count). The van der Waals surface area contributed by atoms with Crippen molar-refractivity contribution >= 4 is 52.0 Å². The number of carbonyl (C=O) groups excluding carboxylic acids is 2. The number of carbonyl (C=O) groups is 2. The third-order valence-corrected chi connectivity index (χ3v) is 4.51. The molecule has 0 saturated carbocycles.